The van der Waals surface area contributed by atoms with Gasteiger partial charge >= 0.3 is 0 Å². The van der Waals surface area contributed by atoms with Crippen LogP contribution in [0.4, 0.5) is 0 Å². The van der Waals surface area contributed by atoms with Crippen molar-refractivity contribution in [2.45, 2.75) is 43.5 Å². The molecule has 21 heavy (non-hydrogen) atoms. The van der Waals surface area contributed by atoms with Gasteiger partial charge in [0.2, 0.25) is 0 Å². The summed E-state index contributed by atoms with van der Waals surface area (Å²) in [6.07, 6.45) is 0. The molecule has 1 aliphatic heterocycles. The first-order valence-corrected chi connectivity index (χ1v) is 8.48. The van der Waals surface area contributed by atoms with Gasteiger partial charge in [0, 0.05) is 23.5 Å². The van der Waals surface area contributed by atoms with E-state index in [2.05, 4.69) is 19.2 Å². The molecular formula is C16H18ClN3S. The maximum absolute atomic E-state index is 6.19. The van der Waals surface area contributed by atoms with E-state index in [-0.39, 0.29) is 0 Å². The molecule has 2 heterocycles. The van der Waals surface area contributed by atoms with Crippen LogP contribution in [0.1, 0.15) is 42.5 Å². The minimum atomic E-state index is 0.422. The van der Waals surface area contributed by atoms with Crippen LogP contribution < -0.4 is 5.32 Å². The Bertz CT molecular complexity index is 658. The van der Waals surface area contributed by atoms with E-state index in [9.17, 15) is 0 Å². The highest BCUT2D eigenvalue weighted by molar-refractivity contribution is 7.98. The van der Waals surface area contributed by atoms with Crippen molar-refractivity contribution < 1.29 is 0 Å². The zero-order chi connectivity index (χ0) is 14.8. The Morgan fingerprint density at radius 1 is 1.24 bits per heavy atom. The Morgan fingerprint density at radius 3 is 2.81 bits per heavy atom. The highest BCUT2D eigenvalue weighted by atomic mass is 35.5. The summed E-state index contributed by atoms with van der Waals surface area (Å²) in [7, 11) is 0. The van der Waals surface area contributed by atoms with Crippen molar-refractivity contribution in [2.24, 2.45) is 0 Å². The number of halogens is 1. The second-order valence-electron chi connectivity index (χ2n) is 5.43. The van der Waals surface area contributed by atoms with Gasteiger partial charge in [0.15, 0.2) is 0 Å². The molecule has 1 aliphatic rings. The molecule has 110 valence electrons. The van der Waals surface area contributed by atoms with Crippen molar-refractivity contribution in [3.8, 4) is 0 Å². The van der Waals surface area contributed by atoms with Gasteiger partial charge in [-0.3, -0.25) is 0 Å². The minimum absolute atomic E-state index is 0.422. The van der Waals surface area contributed by atoms with Crippen LogP contribution in [0.3, 0.4) is 0 Å². The van der Waals surface area contributed by atoms with E-state index in [0.29, 0.717) is 5.92 Å². The molecule has 0 bridgehead atoms. The monoisotopic (exact) mass is 319 g/mol. The highest BCUT2D eigenvalue weighted by Crippen LogP contribution is 2.30. The lowest BCUT2D eigenvalue weighted by atomic mass is 10.0. The molecule has 0 amide bonds. The summed E-state index contributed by atoms with van der Waals surface area (Å²) in [4.78, 5) is 10.6. The van der Waals surface area contributed by atoms with Gasteiger partial charge in [0.25, 0.3) is 0 Å². The van der Waals surface area contributed by atoms with Gasteiger partial charge in [0.05, 0.1) is 22.2 Å². The summed E-state index contributed by atoms with van der Waals surface area (Å²) in [6, 6.07) is 7.89. The number of aromatic nitrogens is 2. The summed E-state index contributed by atoms with van der Waals surface area (Å²) in [5, 5.41) is 4.15. The average Bonchev–Trinajstić information content (AvgIpc) is 2.93. The topological polar surface area (TPSA) is 37.8 Å². The summed E-state index contributed by atoms with van der Waals surface area (Å²) >= 11 is 7.88. The predicted molar refractivity (Wildman–Crippen MR) is 87.7 cm³/mol. The summed E-state index contributed by atoms with van der Waals surface area (Å²) in [5.74, 6) is 2.06. The highest BCUT2D eigenvalue weighted by Gasteiger charge is 2.20. The molecule has 0 saturated carbocycles. The van der Waals surface area contributed by atoms with Gasteiger partial charge in [-0.2, -0.15) is 0 Å². The van der Waals surface area contributed by atoms with Crippen LogP contribution in [-0.2, 0) is 18.8 Å². The van der Waals surface area contributed by atoms with Crippen LogP contribution in [0.25, 0.3) is 0 Å². The number of hydrogen-bond donors (Lipinski definition) is 1. The van der Waals surface area contributed by atoms with Crippen LogP contribution >= 0.6 is 23.4 Å². The fraction of sp³-hybridized carbons (Fsp3) is 0.375. The SMILES string of the molecule is CC(C)c1nc(CSc2ccccc2Cl)nc2c1CNC2. The maximum atomic E-state index is 6.19. The summed E-state index contributed by atoms with van der Waals surface area (Å²) in [6.45, 7) is 6.11. The zero-order valence-electron chi connectivity index (χ0n) is 12.2. The Morgan fingerprint density at radius 2 is 2.05 bits per heavy atom. The third-order valence-corrected chi connectivity index (χ3v) is 5.02. The van der Waals surface area contributed by atoms with E-state index in [4.69, 9.17) is 21.6 Å². The Kier molecular flexibility index (Phi) is 4.48. The van der Waals surface area contributed by atoms with E-state index >= 15 is 0 Å². The Balaban J connectivity index is 1.83. The van der Waals surface area contributed by atoms with Crippen molar-refractivity contribution in [2.75, 3.05) is 0 Å². The van der Waals surface area contributed by atoms with Crippen LogP contribution in [0.5, 0.6) is 0 Å². The number of fused-ring (bicyclic) bond motifs is 1. The third-order valence-electron chi connectivity index (χ3n) is 3.51. The van der Waals surface area contributed by atoms with Crippen LogP contribution in [0.15, 0.2) is 29.2 Å². The molecule has 1 aromatic carbocycles. The molecule has 0 saturated heterocycles. The smallest absolute Gasteiger partial charge is 0.139 e. The van der Waals surface area contributed by atoms with E-state index < -0.39 is 0 Å². The second-order valence-corrected chi connectivity index (χ2v) is 6.85. The second kappa shape index (κ2) is 6.34. The van der Waals surface area contributed by atoms with Gasteiger partial charge in [-0.05, 0) is 18.1 Å². The quantitative estimate of drug-likeness (QED) is 0.859. The first-order chi connectivity index (χ1) is 10.1. The molecule has 1 N–H and O–H groups in total. The summed E-state index contributed by atoms with van der Waals surface area (Å²) < 4.78 is 0. The molecule has 1 aromatic heterocycles. The number of benzene rings is 1. The molecule has 2 aromatic rings. The van der Waals surface area contributed by atoms with E-state index in [1.807, 2.05) is 24.3 Å². The fourth-order valence-corrected chi connectivity index (χ4v) is 3.59. The number of thioether (sulfide) groups is 1. The van der Waals surface area contributed by atoms with Gasteiger partial charge in [-0.15, -0.1) is 11.8 Å². The molecule has 0 atom stereocenters. The molecule has 3 rings (SSSR count). The van der Waals surface area contributed by atoms with Crippen molar-refractivity contribution in [3.05, 3.63) is 52.1 Å². The number of nitrogens with zero attached hydrogens (tertiary/aromatic N) is 2. The first-order valence-electron chi connectivity index (χ1n) is 7.11. The van der Waals surface area contributed by atoms with E-state index in [1.165, 1.54) is 11.3 Å². The number of hydrogen-bond acceptors (Lipinski definition) is 4. The Labute approximate surface area is 134 Å². The van der Waals surface area contributed by atoms with Crippen LogP contribution in [0, 0.1) is 0 Å². The third kappa shape index (κ3) is 3.23. The standard InChI is InChI=1S/C16H18ClN3S/c1-10(2)16-11-7-18-8-13(11)19-15(20-16)9-21-14-6-4-3-5-12(14)17/h3-6,10,18H,7-9H2,1-2H3. The molecule has 0 fully saturated rings. The summed E-state index contributed by atoms with van der Waals surface area (Å²) in [5.41, 5.74) is 3.62. The average molecular weight is 320 g/mol. The van der Waals surface area contributed by atoms with E-state index in [0.717, 1.165) is 40.3 Å². The van der Waals surface area contributed by atoms with Crippen molar-refractivity contribution in [3.63, 3.8) is 0 Å². The Hall–Kier alpha value is -1.10. The van der Waals surface area contributed by atoms with Gasteiger partial charge in [-0.1, -0.05) is 37.6 Å². The van der Waals surface area contributed by atoms with Crippen molar-refractivity contribution in [1.29, 1.82) is 0 Å². The van der Waals surface area contributed by atoms with Crippen molar-refractivity contribution >= 4 is 23.4 Å². The molecule has 0 spiro atoms. The van der Waals surface area contributed by atoms with Crippen molar-refractivity contribution in [1.82, 2.24) is 15.3 Å². The molecule has 0 unspecified atom stereocenters. The maximum Gasteiger partial charge on any atom is 0.139 e. The van der Waals surface area contributed by atoms with Crippen LogP contribution in [0.2, 0.25) is 5.02 Å². The first kappa shape index (κ1) is 14.8. The minimum Gasteiger partial charge on any atom is -0.307 e. The van der Waals surface area contributed by atoms with Gasteiger partial charge in [0.1, 0.15) is 5.82 Å². The zero-order valence-corrected chi connectivity index (χ0v) is 13.8. The molecule has 5 heteroatoms. The van der Waals surface area contributed by atoms with Crippen LogP contribution in [-0.4, -0.2) is 9.97 Å². The molecule has 0 aliphatic carbocycles. The predicted octanol–water partition coefficient (Wildman–Crippen LogP) is 4.15. The molecular weight excluding hydrogens is 302 g/mol. The molecule has 3 nitrogen and oxygen atoms in total. The van der Waals surface area contributed by atoms with Gasteiger partial charge < -0.3 is 5.32 Å². The largest absolute Gasteiger partial charge is 0.307 e. The number of rotatable bonds is 4. The molecule has 0 radical (unpaired) electrons. The number of nitrogens with one attached hydrogen (secondary N) is 1. The lowest BCUT2D eigenvalue weighted by molar-refractivity contribution is 0.746. The normalized spacial score (nSPS) is 13.7. The fourth-order valence-electron chi connectivity index (χ4n) is 2.49. The van der Waals surface area contributed by atoms with E-state index in [1.54, 1.807) is 11.8 Å². The lowest BCUT2D eigenvalue weighted by Crippen LogP contribution is -2.06. The lowest BCUT2D eigenvalue weighted by Gasteiger charge is -2.12. The van der Waals surface area contributed by atoms with Gasteiger partial charge in [-0.25, -0.2) is 9.97 Å².